The van der Waals surface area contributed by atoms with Crippen LogP contribution in [0, 0.1) is 0 Å². The minimum atomic E-state index is -0.432. The van der Waals surface area contributed by atoms with E-state index in [-0.39, 0.29) is 22.8 Å². The maximum absolute atomic E-state index is 12.1. The van der Waals surface area contributed by atoms with Crippen LogP contribution in [0.25, 0.3) is 6.08 Å². The zero-order valence-electron chi connectivity index (χ0n) is 11.3. The van der Waals surface area contributed by atoms with E-state index >= 15 is 0 Å². The van der Waals surface area contributed by atoms with Crippen LogP contribution in [0.3, 0.4) is 0 Å². The fourth-order valence-corrected chi connectivity index (χ4v) is 1.81. The molecule has 0 spiro atoms. The Morgan fingerprint density at radius 2 is 1.71 bits per heavy atom. The van der Waals surface area contributed by atoms with Gasteiger partial charge in [-0.1, -0.05) is 18.2 Å². The molecule has 5 nitrogen and oxygen atoms in total. The van der Waals surface area contributed by atoms with Crippen LogP contribution in [-0.2, 0) is 0 Å². The van der Waals surface area contributed by atoms with Crippen molar-refractivity contribution >= 4 is 11.9 Å². The van der Waals surface area contributed by atoms with Gasteiger partial charge in [0, 0.05) is 0 Å². The second kappa shape index (κ2) is 6.00. The number of ether oxygens (including phenoxy) is 1. The van der Waals surface area contributed by atoms with Gasteiger partial charge in [-0.05, 0) is 35.9 Å². The molecule has 0 aliphatic rings. The lowest BCUT2D eigenvalue weighted by Crippen LogP contribution is -1.97. The van der Waals surface area contributed by atoms with E-state index < -0.39 is 11.5 Å². The number of hydrogen-bond donors (Lipinski definition) is 3. The van der Waals surface area contributed by atoms with Crippen LogP contribution in [0.15, 0.2) is 42.5 Å². The van der Waals surface area contributed by atoms with Gasteiger partial charge < -0.3 is 20.1 Å². The Balaban J connectivity index is 2.26. The minimum Gasteiger partial charge on any atom is -0.508 e. The average molecular weight is 286 g/mol. The van der Waals surface area contributed by atoms with Crippen LogP contribution in [0.1, 0.15) is 15.9 Å². The van der Waals surface area contributed by atoms with Crippen molar-refractivity contribution in [3.8, 4) is 23.0 Å². The largest absolute Gasteiger partial charge is 0.508 e. The van der Waals surface area contributed by atoms with Gasteiger partial charge in [-0.3, -0.25) is 4.79 Å². The molecule has 0 fully saturated rings. The standard InChI is InChI=1S/C16H14O5/c1-21-16-14(19)9-7-12(15(16)20)13(18)8-4-10-2-5-11(17)6-3-10/h2-9,17,19-20H,1H3/b8-4+. The number of allylic oxidation sites excluding steroid dienone is 1. The van der Waals surface area contributed by atoms with E-state index in [1.165, 1.54) is 37.5 Å². The molecule has 108 valence electrons. The van der Waals surface area contributed by atoms with Gasteiger partial charge in [-0.2, -0.15) is 0 Å². The molecule has 2 aromatic carbocycles. The first-order chi connectivity index (χ1) is 10.0. The summed E-state index contributed by atoms with van der Waals surface area (Å²) < 4.78 is 4.84. The molecule has 2 rings (SSSR count). The number of rotatable bonds is 4. The summed E-state index contributed by atoms with van der Waals surface area (Å²) in [5.74, 6) is -1.08. The van der Waals surface area contributed by atoms with Crippen LogP contribution in [0.2, 0.25) is 0 Å². The Morgan fingerprint density at radius 3 is 2.33 bits per heavy atom. The number of phenols is 3. The summed E-state index contributed by atoms with van der Waals surface area (Å²) in [7, 11) is 1.29. The molecule has 3 N–H and O–H groups in total. The van der Waals surface area contributed by atoms with Crippen LogP contribution in [0.5, 0.6) is 23.0 Å². The molecule has 2 aromatic rings. The van der Waals surface area contributed by atoms with Crippen LogP contribution < -0.4 is 4.74 Å². The molecule has 0 saturated carbocycles. The Labute approximate surface area is 121 Å². The lowest BCUT2D eigenvalue weighted by Gasteiger charge is -2.08. The van der Waals surface area contributed by atoms with Gasteiger partial charge >= 0.3 is 0 Å². The van der Waals surface area contributed by atoms with E-state index in [9.17, 15) is 20.1 Å². The molecule has 0 aliphatic carbocycles. The van der Waals surface area contributed by atoms with Crippen LogP contribution in [-0.4, -0.2) is 28.2 Å². The number of ketones is 1. The van der Waals surface area contributed by atoms with Crippen molar-refractivity contribution in [3.63, 3.8) is 0 Å². The molecule has 0 unspecified atom stereocenters. The van der Waals surface area contributed by atoms with E-state index in [4.69, 9.17) is 4.74 Å². The van der Waals surface area contributed by atoms with Crippen molar-refractivity contribution in [2.45, 2.75) is 0 Å². The quantitative estimate of drug-likeness (QED) is 0.594. The number of hydrogen-bond acceptors (Lipinski definition) is 5. The lowest BCUT2D eigenvalue weighted by atomic mass is 10.1. The molecule has 0 aromatic heterocycles. The predicted octanol–water partition coefficient (Wildman–Crippen LogP) is 2.71. The second-order valence-electron chi connectivity index (χ2n) is 4.30. The molecule has 5 heteroatoms. The van der Waals surface area contributed by atoms with Crippen molar-refractivity contribution in [1.29, 1.82) is 0 Å². The van der Waals surface area contributed by atoms with Crippen molar-refractivity contribution in [3.05, 3.63) is 53.6 Å². The van der Waals surface area contributed by atoms with Crippen molar-refractivity contribution in [2.24, 2.45) is 0 Å². The molecule has 0 heterocycles. The maximum Gasteiger partial charge on any atom is 0.203 e. The third kappa shape index (κ3) is 3.14. The zero-order valence-corrected chi connectivity index (χ0v) is 11.3. The van der Waals surface area contributed by atoms with Gasteiger partial charge in [0.15, 0.2) is 17.3 Å². The topological polar surface area (TPSA) is 87.0 Å². The fourth-order valence-electron chi connectivity index (χ4n) is 1.81. The van der Waals surface area contributed by atoms with E-state index in [0.29, 0.717) is 0 Å². The Bertz CT molecular complexity index is 687. The van der Waals surface area contributed by atoms with Gasteiger partial charge in [-0.25, -0.2) is 0 Å². The van der Waals surface area contributed by atoms with Crippen molar-refractivity contribution in [2.75, 3.05) is 7.11 Å². The predicted molar refractivity (Wildman–Crippen MR) is 77.8 cm³/mol. The summed E-state index contributed by atoms with van der Waals surface area (Å²) in [6.45, 7) is 0. The molecule has 0 bridgehead atoms. The summed E-state index contributed by atoms with van der Waals surface area (Å²) in [5, 5.41) is 28.6. The Hall–Kier alpha value is -2.95. The third-order valence-corrected chi connectivity index (χ3v) is 2.90. The number of carbonyl (C=O) groups is 1. The maximum atomic E-state index is 12.1. The highest BCUT2D eigenvalue weighted by atomic mass is 16.5. The number of benzene rings is 2. The van der Waals surface area contributed by atoms with Gasteiger partial charge in [0.1, 0.15) is 5.75 Å². The van der Waals surface area contributed by atoms with Crippen molar-refractivity contribution in [1.82, 2.24) is 0 Å². The Morgan fingerprint density at radius 1 is 1.05 bits per heavy atom. The number of methoxy groups -OCH3 is 1. The molecule has 0 radical (unpaired) electrons. The average Bonchev–Trinajstić information content (AvgIpc) is 2.47. The minimum absolute atomic E-state index is 0.0275. The number of phenolic OH excluding ortho intramolecular Hbond substituents is 3. The van der Waals surface area contributed by atoms with Gasteiger partial charge in [0.2, 0.25) is 5.75 Å². The summed E-state index contributed by atoms with van der Waals surface area (Å²) in [4.78, 5) is 12.1. The van der Waals surface area contributed by atoms with Gasteiger partial charge in [0.05, 0.1) is 12.7 Å². The summed E-state index contributed by atoms with van der Waals surface area (Å²) in [6.07, 6.45) is 2.85. The summed E-state index contributed by atoms with van der Waals surface area (Å²) >= 11 is 0. The molecular weight excluding hydrogens is 272 g/mol. The Kier molecular flexibility index (Phi) is 4.13. The van der Waals surface area contributed by atoms with Gasteiger partial charge in [-0.15, -0.1) is 0 Å². The lowest BCUT2D eigenvalue weighted by molar-refractivity contribution is 0.104. The molecule has 0 saturated heterocycles. The molecule has 0 amide bonds. The van der Waals surface area contributed by atoms with Crippen molar-refractivity contribution < 1.29 is 24.9 Å². The van der Waals surface area contributed by atoms with Crippen LogP contribution >= 0.6 is 0 Å². The summed E-state index contributed by atoms with van der Waals surface area (Å²) in [5.41, 5.74) is 0.756. The number of carbonyl (C=O) groups excluding carboxylic acids is 1. The van der Waals surface area contributed by atoms with E-state index in [0.717, 1.165) is 5.56 Å². The monoisotopic (exact) mass is 286 g/mol. The zero-order chi connectivity index (χ0) is 15.4. The fraction of sp³-hybridized carbons (Fsp3) is 0.0625. The highest BCUT2D eigenvalue weighted by Crippen LogP contribution is 2.38. The smallest absolute Gasteiger partial charge is 0.203 e. The molecule has 0 aliphatic heterocycles. The number of aromatic hydroxyl groups is 3. The highest BCUT2D eigenvalue weighted by molar-refractivity contribution is 6.09. The highest BCUT2D eigenvalue weighted by Gasteiger charge is 2.16. The SMILES string of the molecule is COc1c(O)ccc(C(=O)/C=C/c2ccc(O)cc2)c1O. The first-order valence-electron chi connectivity index (χ1n) is 6.13. The van der Waals surface area contributed by atoms with E-state index in [1.54, 1.807) is 18.2 Å². The third-order valence-electron chi connectivity index (χ3n) is 2.90. The first-order valence-corrected chi connectivity index (χ1v) is 6.13. The van der Waals surface area contributed by atoms with E-state index in [2.05, 4.69) is 0 Å². The summed E-state index contributed by atoms with van der Waals surface area (Å²) in [6, 6.07) is 8.90. The molecule has 21 heavy (non-hydrogen) atoms. The van der Waals surface area contributed by atoms with Crippen LogP contribution in [0.4, 0.5) is 0 Å². The normalized spacial score (nSPS) is 10.7. The van der Waals surface area contributed by atoms with E-state index in [1.807, 2.05) is 0 Å². The second-order valence-corrected chi connectivity index (χ2v) is 4.30. The molecular formula is C16H14O5. The first kappa shape index (κ1) is 14.5. The van der Waals surface area contributed by atoms with Gasteiger partial charge in [0.25, 0.3) is 0 Å². The molecule has 0 atom stereocenters.